The Labute approximate surface area is 119 Å². The second-order valence-electron chi connectivity index (χ2n) is 4.84. The number of carboxylic acids is 1. The Hall–Kier alpha value is -1.68. The van der Waals surface area contributed by atoms with E-state index in [1.165, 1.54) is 18.2 Å². The van der Waals surface area contributed by atoms with Gasteiger partial charge in [0.25, 0.3) is 0 Å². The lowest BCUT2D eigenvalue weighted by Crippen LogP contribution is -2.32. The summed E-state index contributed by atoms with van der Waals surface area (Å²) in [6.07, 6.45) is 3.53. The minimum absolute atomic E-state index is 0.356. The van der Waals surface area contributed by atoms with Crippen molar-refractivity contribution in [3.05, 3.63) is 41.2 Å². The van der Waals surface area contributed by atoms with Gasteiger partial charge in [-0.2, -0.15) is 0 Å². The summed E-state index contributed by atoms with van der Waals surface area (Å²) in [5, 5.41) is 8.70. The van der Waals surface area contributed by atoms with Crippen LogP contribution >= 0.6 is 0 Å². The third-order valence-corrected chi connectivity index (χ3v) is 3.51. The first-order chi connectivity index (χ1) is 9.47. The van der Waals surface area contributed by atoms with Crippen molar-refractivity contribution in [1.82, 2.24) is 4.90 Å². The number of halogens is 1. The first kappa shape index (κ1) is 16.4. The highest BCUT2D eigenvalue weighted by molar-refractivity contribution is 5.85. The van der Waals surface area contributed by atoms with Crippen molar-refractivity contribution in [3.8, 4) is 0 Å². The Balaban J connectivity index is 3.01. The first-order valence-electron chi connectivity index (χ1n) is 6.91. The van der Waals surface area contributed by atoms with Gasteiger partial charge in [-0.3, -0.25) is 4.90 Å². The molecule has 1 atom stereocenters. The van der Waals surface area contributed by atoms with Crippen LogP contribution in [0.25, 0.3) is 6.08 Å². The number of aliphatic carboxylic acids is 1. The fourth-order valence-electron chi connectivity index (χ4n) is 2.08. The molecule has 0 saturated heterocycles. The molecule has 110 valence electrons. The Morgan fingerprint density at radius 1 is 1.45 bits per heavy atom. The van der Waals surface area contributed by atoms with Gasteiger partial charge in [0.05, 0.1) is 0 Å². The van der Waals surface area contributed by atoms with Gasteiger partial charge < -0.3 is 5.11 Å². The van der Waals surface area contributed by atoms with Crippen LogP contribution in [0.5, 0.6) is 0 Å². The van der Waals surface area contributed by atoms with Gasteiger partial charge in [0.1, 0.15) is 5.82 Å². The summed E-state index contributed by atoms with van der Waals surface area (Å²) in [6, 6.07) is 4.94. The molecule has 1 aromatic carbocycles. The monoisotopic (exact) mass is 279 g/mol. The SMILES string of the molecule is CCC(C)N(CC)Cc1ccc(F)cc1C=CC(=O)O. The van der Waals surface area contributed by atoms with Crippen molar-refractivity contribution in [2.24, 2.45) is 0 Å². The van der Waals surface area contributed by atoms with Gasteiger partial charge in [-0.05, 0) is 49.2 Å². The van der Waals surface area contributed by atoms with Gasteiger partial charge in [0.2, 0.25) is 0 Å². The van der Waals surface area contributed by atoms with E-state index in [0.717, 1.165) is 24.6 Å². The molecular weight excluding hydrogens is 257 g/mol. The summed E-state index contributed by atoms with van der Waals surface area (Å²) in [5.74, 6) is -1.39. The molecule has 0 aliphatic heterocycles. The molecule has 4 heteroatoms. The lowest BCUT2D eigenvalue weighted by atomic mass is 10.0. The van der Waals surface area contributed by atoms with Crippen LogP contribution in [0.15, 0.2) is 24.3 Å². The molecular formula is C16H22FNO2. The summed E-state index contributed by atoms with van der Waals surface area (Å²) in [4.78, 5) is 12.9. The fourth-order valence-corrected chi connectivity index (χ4v) is 2.08. The van der Waals surface area contributed by atoms with E-state index in [-0.39, 0.29) is 5.82 Å². The molecule has 0 fully saturated rings. The Kier molecular flexibility index (Phi) is 6.39. The van der Waals surface area contributed by atoms with Gasteiger partial charge in [-0.1, -0.05) is 19.9 Å². The maximum Gasteiger partial charge on any atom is 0.328 e. The summed E-state index contributed by atoms with van der Waals surface area (Å²) < 4.78 is 13.3. The smallest absolute Gasteiger partial charge is 0.328 e. The summed E-state index contributed by atoms with van der Waals surface area (Å²) in [6.45, 7) is 7.95. The second-order valence-corrected chi connectivity index (χ2v) is 4.84. The summed E-state index contributed by atoms with van der Waals surface area (Å²) in [7, 11) is 0. The van der Waals surface area contributed by atoms with Gasteiger partial charge in [0, 0.05) is 18.7 Å². The van der Waals surface area contributed by atoms with E-state index < -0.39 is 5.97 Å². The molecule has 0 aliphatic carbocycles. The molecule has 0 saturated carbocycles. The molecule has 1 aromatic rings. The largest absolute Gasteiger partial charge is 0.478 e. The first-order valence-corrected chi connectivity index (χ1v) is 6.91. The maximum absolute atomic E-state index is 13.3. The fraction of sp³-hybridized carbons (Fsp3) is 0.438. The molecule has 1 rings (SSSR count). The normalized spacial score (nSPS) is 13.1. The number of carbonyl (C=O) groups is 1. The number of benzene rings is 1. The molecule has 0 aliphatic rings. The molecule has 0 heterocycles. The van der Waals surface area contributed by atoms with Crippen molar-refractivity contribution < 1.29 is 14.3 Å². The molecule has 1 unspecified atom stereocenters. The van der Waals surface area contributed by atoms with Crippen molar-refractivity contribution in [2.45, 2.75) is 39.8 Å². The zero-order valence-electron chi connectivity index (χ0n) is 12.3. The molecule has 0 aromatic heterocycles. The average molecular weight is 279 g/mol. The standard InChI is InChI=1S/C16H22FNO2/c1-4-12(3)18(5-2)11-14-6-8-15(17)10-13(14)7-9-16(19)20/h6-10,12H,4-5,11H2,1-3H3,(H,19,20). The topological polar surface area (TPSA) is 40.5 Å². The Morgan fingerprint density at radius 2 is 2.15 bits per heavy atom. The predicted octanol–water partition coefficient (Wildman–Crippen LogP) is 3.54. The predicted molar refractivity (Wildman–Crippen MR) is 78.9 cm³/mol. The van der Waals surface area contributed by atoms with E-state index in [2.05, 4.69) is 25.7 Å². The van der Waals surface area contributed by atoms with Crippen LogP contribution in [-0.2, 0) is 11.3 Å². The van der Waals surface area contributed by atoms with E-state index in [1.54, 1.807) is 6.07 Å². The average Bonchev–Trinajstić information content (AvgIpc) is 2.43. The molecule has 0 radical (unpaired) electrons. The quantitative estimate of drug-likeness (QED) is 0.776. The van der Waals surface area contributed by atoms with Gasteiger partial charge >= 0.3 is 5.97 Å². The van der Waals surface area contributed by atoms with E-state index in [1.807, 2.05) is 0 Å². The van der Waals surface area contributed by atoms with Crippen LogP contribution in [-0.4, -0.2) is 28.6 Å². The zero-order valence-corrected chi connectivity index (χ0v) is 12.3. The molecule has 3 nitrogen and oxygen atoms in total. The summed E-state index contributed by atoms with van der Waals surface area (Å²) >= 11 is 0. The number of carboxylic acid groups (broad SMARTS) is 1. The number of hydrogen-bond donors (Lipinski definition) is 1. The van der Waals surface area contributed by atoms with Crippen LogP contribution in [0.1, 0.15) is 38.3 Å². The van der Waals surface area contributed by atoms with Gasteiger partial charge in [0.15, 0.2) is 0 Å². The minimum atomic E-state index is -1.03. The van der Waals surface area contributed by atoms with Crippen LogP contribution in [0.4, 0.5) is 4.39 Å². The maximum atomic E-state index is 13.3. The van der Waals surface area contributed by atoms with Crippen LogP contribution in [0, 0.1) is 5.82 Å². The van der Waals surface area contributed by atoms with Crippen molar-refractivity contribution >= 4 is 12.0 Å². The third-order valence-electron chi connectivity index (χ3n) is 3.51. The molecule has 20 heavy (non-hydrogen) atoms. The molecule has 1 N–H and O–H groups in total. The van der Waals surface area contributed by atoms with Crippen LogP contribution < -0.4 is 0 Å². The van der Waals surface area contributed by atoms with Gasteiger partial charge in [-0.25, -0.2) is 9.18 Å². The van der Waals surface area contributed by atoms with Crippen molar-refractivity contribution in [1.29, 1.82) is 0 Å². The van der Waals surface area contributed by atoms with Crippen LogP contribution in [0.2, 0.25) is 0 Å². The number of rotatable bonds is 7. The lowest BCUT2D eigenvalue weighted by molar-refractivity contribution is -0.131. The minimum Gasteiger partial charge on any atom is -0.478 e. The molecule has 0 spiro atoms. The Morgan fingerprint density at radius 3 is 2.70 bits per heavy atom. The van der Waals surface area contributed by atoms with E-state index >= 15 is 0 Å². The Bertz CT molecular complexity index is 485. The molecule has 0 amide bonds. The second kappa shape index (κ2) is 7.80. The van der Waals surface area contributed by atoms with E-state index in [4.69, 9.17) is 5.11 Å². The highest BCUT2D eigenvalue weighted by Crippen LogP contribution is 2.17. The number of hydrogen-bond acceptors (Lipinski definition) is 2. The van der Waals surface area contributed by atoms with Gasteiger partial charge in [-0.15, -0.1) is 0 Å². The van der Waals surface area contributed by atoms with Crippen LogP contribution in [0.3, 0.4) is 0 Å². The van der Waals surface area contributed by atoms with Crippen molar-refractivity contribution in [3.63, 3.8) is 0 Å². The molecule has 0 bridgehead atoms. The highest BCUT2D eigenvalue weighted by Gasteiger charge is 2.12. The summed E-state index contributed by atoms with van der Waals surface area (Å²) in [5.41, 5.74) is 1.56. The van der Waals surface area contributed by atoms with Crippen molar-refractivity contribution in [2.75, 3.05) is 6.54 Å². The highest BCUT2D eigenvalue weighted by atomic mass is 19.1. The third kappa shape index (κ3) is 4.78. The van der Waals surface area contributed by atoms with E-state index in [0.29, 0.717) is 18.2 Å². The lowest BCUT2D eigenvalue weighted by Gasteiger charge is -2.27. The zero-order chi connectivity index (χ0) is 15.1. The number of nitrogens with zero attached hydrogens (tertiary/aromatic N) is 1. The van der Waals surface area contributed by atoms with E-state index in [9.17, 15) is 9.18 Å².